The molecule has 0 N–H and O–H groups in total. The molecule has 0 aliphatic carbocycles. The van der Waals surface area contributed by atoms with E-state index in [9.17, 15) is 0 Å². The highest BCUT2D eigenvalue weighted by molar-refractivity contribution is 7.13. The number of aromatic nitrogens is 2. The second-order valence-electron chi connectivity index (χ2n) is 3.31. The van der Waals surface area contributed by atoms with Gasteiger partial charge in [-0.2, -0.15) is 0 Å². The molecule has 1 aliphatic rings. The van der Waals surface area contributed by atoms with Crippen LogP contribution in [0.4, 0.5) is 5.13 Å². The lowest BCUT2D eigenvalue weighted by atomic mass is 10.1. The van der Waals surface area contributed by atoms with Gasteiger partial charge in [-0.05, 0) is 5.92 Å². The van der Waals surface area contributed by atoms with Gasteiger partial charge in [-0.25, -0.2) is 0 Å². The first-order valence-electron chi connectivity index (χ1n) is 4.46. The molecule has 0 amide bonds. The van der Waals surface area contributed by atoms with Gasteiger partial charge in [0.05, 0.1) is 5.38 Å². The Kier molecular flexibility index (Phi) is 2.69. The number of halogens is 1. The maximum atomic E-state index is 6.20. The van der Waals surface area contributed by atoms with Crippen molar-refractivity contribution in [1.82, 2.24) is 10.2 Å². The van der Waals surface area contributed by atoms with Gasteiger partial charge in [0.1, 0.15) is 5.51 Å². The normalized spacial score (nSPS) is 28.3. The van der Waals surface area contributed by atoms with Crippen molar-refractivity contribution in [2.24, 2.45) is 5.92 Å². The van der Waals surface area contributed by atoms with E-state index in [0.29, 0.717) is 5.92 Å². The molecule has 1 saturated heterocycles. The molecule has 2 heterocycles. The summed E-state index contributed by atoms with van der Waals surface area (Å²) in [5.74, 6) is 0.602. The first kappa shape index (κ1) is 9.21. The third-order valence-electron chi connectivity index (χ3n) is 2.50. The van der Waals surface area contributed by atoms with Gasteiger partial charge in [0, 0.05) is 13.1 Å². The quantitative estimate of drug-likeness (QED) is 0.710. The van der Waals surface area contributed by atoms with Crippen molar-refractivity contribution in [3.8, 4) is 0 Å². The number of hydrogen-bond donors (Lipinski definition) is 0. The highest BCUT2D eigenvalue weighted by Crippen LogP contribution is 2.29. The summed E-state index contributed by atoms with van der Waals surface area (Å²) in [6, 6.07) is 0. The predicted octanol–water partition coefficient (Wildman–Crippen LogP) is 1.99. The Morgan fingerprint density at radius 1 is 1.69 bits per heavy atom. The van der Waals surface area contributed by atoms with E-state index in [0.717, 1.165) is 24.6 Å². The minimum Gasteiger partial charge on any atom is -0.345 e. The van der Waals surface area contributed by atoms with Crippen LogP contribution in [0.5, 0.6) is 0 Å². The standard InChI is InChI=1S/C8H12ClN3S/c1-2-6-3-12(4-7(6)9)8-11-10-5-13-8/h5-7H,2-4H2,1H3. The number of nitrogens with zero attached hydrogens (tertiary/aromatic N) is 3. The van der Waals surface area contributed by atoms with Gasteiger partial charge in [-0.3, -0.25) is 0 Å². The Morgan fingerprint density at radius 3 is 3.08 bits per heavy atom. The molecular weight excluding hydrogens is 206 g/mol. The average Bonchev–Trinajstić information content (AvgIpc) is 2.71. The van der Waals surface area contributed by atoms with E-state index in [2.05, 4.69) is 22.0 Å². The summed E-state index contributed by atoms with van der Waals surface area (Å²) in [6.45, 7) is 4.12. The van der Waals surface area contributed by atoms with Crippen LogP contribution < -0.4 is 4.90 Å². The van der Waals surface area contributed by atoms with Crippen molar-refractivity contribution >= 4 is 28.1 Å². The molecule has 2 unspecified atom stereocenters. The van der Waals surface area contributed by atoms with E-state index >= 15 is 0 Å². The molecule has 0 saturated carbocycles. The summed E-state index contributed by atoms with van der Waals surface area (Å²) in [6.07, 6.45) is 1.14. The lowest BCUT2D eigenvalue weighted by Gasteiger charge is -2.12. The molecule has 0 bridgehead atoms. The SMILES string of the molecule is CCC1CN(c2nncs2)CC1Cl. The van der Waals surface area contributed by atoms with E-state index in [4.69, 9.17) is 11.6 Å². The summed E-state index contributed by atoms with van der Waals surface area (Å²) < 4.78 is 0. The molecular formula is C8H12ClN3S. The van der Waals surface area contributed by atoms with Crippen LogP contribution in [0.1, 0.15) is 13.3 Å². The molecule has 1 aliphatic heterocycles. The fraction of sp³-hybridized carbons (Fsp3) is 0.750. The smallest absolute Gasteiger partial charge is 0.208 e. The van der Waals surface area contributed by atoms with Crippen molar-refractivity contribution < 1.29 is 0 Å². The molecule has 72 valence electrons. The third-order valence-corrected chi connectivity index (χ3v) is 3.75. The fourth-order valence-corrected chi connectivity index (χ4v) is 2.68. The van der Waals surface area contributed by atoms with Gasteiger partial charge in [0.25, 0.3) is 0 Å². The van der Waals surface area contributed by atoms with Crippen LogP contribution in [0.3, 0.4) is 0 Å². The van der Waals surface area contributed by atoms with Crippen molar-refractivity contribution in [1.29, 1.82) is 0 Å². The number of rotatable bonds is 2. The van der Waals surface area contributed by atoms with Crippen molar-refractivity contribution in [3.63, 3.8) is 0 Å². The zero-order chi connectivity index (χ0) is 9.26. The summed E-state index contributed by atoms with van der Waals surface area (Å²) >= 11 is 7.78. The predicted molar refractivity (Wildman–Crippen MR) is 55.5 cm³/mol. The first-order chi connectivity index (χ1) is 6.31. The minimum absolute atomic E-state index is 0.272. The zero-order valence-electron chi connectivity index (χ0n) is 7.48. The maximum absolute atomic E-state index is 6.20. The van der Waals surface area contributed by atoms with Crippen molar-refractivity contribution in [3.05, 3.63) is 5.51 Å². The summed E-state index contributed by atoms with van der Waals surface area (Å²) in [4.78, 5) is 2.23. The summed E-state index contributed by atoms with van der Waals surface area (Å²) in [5.41, 5.74) is 1.76. The summed E-state index contributed by atoms with van der Waals surface area (Å²) in [5, 5.41) is 9.14. The van der Waals surface area contributed by atoms with Crippen LogP contribution in [0.15, 0.2) is 5.51 Å². The van der Waals surface area contributed by atoms with Crippen LogP contribution in [0.25, 0.3) is 0 Å². The summed E-state index contributed by atoms with van der Waals surface area (Å²) in [7, 11) is 0. The van der Waals surface area contributed by atoms with Gasteiger partial charge in [-0.15, -0.1) is 21.8 Å². The van der Waals surface area contributed by atoms with Crippen molar-refractivity contribution in [2.75, 3.05) is 18.0 Å². The second kappa shape index (κ2) is 3.80. The molecule has 0 aromatic carbocycles. The average molecular weight is 218 g/mol. The van der Waals surface area contributed by atoms with Crippen molar-refractivity contribution in [2.45, 2.75) is 18.7 Å². The van der Waals surface area contributed by atoms with E-state index in [1.54, 1.807) is 16.8 Å². The molecule has 2 atom stereocenters. The second-order valence-corrected chi connectivity index (χ2v) is 4.68. The van der Waals surface area contributed by atoms with Gasteiger partial charge in [0.15, 0.2) is 0 Å². The number of alkyl halides is 1. The van der Waals surface area contributed by atoms with E-state index in [1.807, 2.05) is 0 Å². The zero-order valence-corrected chi connectivity index (χ0v) is 9.05. The van der Waals surface area contributed by atoms with Crippen LogP contribution >= 0.6 is 22.9 Å². The van der Waals surface area contributed by atoms with Gasteiger partial charge >= 0.3 is 0 Å². The third kappa shape index (κ3) is 1.79. The van der Waals surface area contributed by atoms with Crippen LogP contribution in [0, 0.1) is 5.92 Å². The van der Waals surface area contributed by atoms with Gasteiger partial charge in [0.2, 0.25) is 5.13 Å². The molecule has 1 aromatic heterocycles. The topological polar surface area (TPSA) is 29.0 Å². The number of hydrogen-bond acceptors (Lipinski definition) is 4. The van der Waals surface area contributed by atoms with Gasteiger partial charge in [-0.1, -0.05) is 24.7 Å². The number of anilines is 1. The lowest BCUT2D eigenvalue weighted by molar-refractivity contribution is 0.575. The van der Waals surface area contributed by atoms with Crippen LogP contribution in [0.2, 0.25) is 0 Å². The largest absolute Gasteiger partial charge is 0.345 e. The Labute approximate surface area is 86.7 Å². The Bertz CT molecular complexity index is 264. The molecule has 3 nitrogen and oxygen atoms in total. The van der Waals surface area contributed by atoms with E-state index in [1.165, 1.54) is 0 Å². The Morgan fingerprint density at radius 2 is 2.54 bits per heavy atom. The van der Waals surface area contributed by atoms with E-state index in [-0.39, 0.29) is 5.38 Å². The monoisotopic (exact) mass is 217 g/mol. The highest BCUT2D eigenvalue weighted by atomic mass is 35.5. The molecule has 1 aromatic rings. The molecule has 2 rings (SSSR count). The molecule has 5 heteroatoms. The Balaban J connectivity index is 2.05. The highest BCUT2D eigenvalue weighted by Gasteiger charge is 2.31. The molecule has 0 spiro atoms. The molecule has 1 fully saturated rings. The fourth-order valence-electron chi connectivity index (χ4n) is 1.68. The van der Waals surface area contributed by atoms with Crippen LogP contribution in [-0.2, 0) is 0 Å². The van der Waals surface area contributed by atoms with Gasteiger partial charge < -0.3 is 4.90 Å². The maximum Gasteiger partial charge on any atom is 0.208 e. The first-order valence-corrected chi connectivity index (χ1v) is 5.78. The minimum atomic E-state index is 0.272. The molecule has 0 radical (unpaired) electrons. The Hall–Kier alpha value is -0.350. The van der Waals surface area contributed by atoms with E-state index < -0.39 is 0 Å². The molecule has 13 heavy (non-hydrogen) atoms. The lowest BCUT2D eigenvalue weighted by Crippen LogP contribution is -2.19. The van der Waals surface area contributed by atoms with Crippen LogP contribution in [-0.4, -0.2) is 28.7 Å².